The Morgan fingerprint density at radius 2 is 2.00 bits per heavy atom. The lowest BCUT2D eigenvalue weighted by Crippen LogP contribution is -2.17. The van der Waals surface area contributed by atoms with Gasteiger partial charge >= 0.3 is 0 Å². The van der Waals surface area contributed by atoms with Gasteiger partial charge in [0, 0.05) is 13.7 Å². The van der Waals surface area contributed by atoms with E-state index in [1.165, 1.54) is 0 Å². The summed E-state index contributed by atoms with van der Waals surface area (Å²) >= 11 is 0. The van der Waals surface area contributed by atoms with Crippen molar-refractivity contribution in [1.29, 1.82) is 5.26 Å². The summed E-state index contributed by atoms with van der Waals surface area (Å²) in [5.41, 5.74) is -0.234. The van der Waals surface area contributed by atoms with Gasteiger partial charge in [-0.2, -0.15) is 5.26 Å². The van der Waals surface area contributed by atoms with Gasteiger partial charge in [0.05, 0.1) is 18.2 Å². The molecule has 1 aromatic carbocycles. The highest BCUT2D eigenvalue weighted by Crippen LogP contribution is 2.20. The van der Waals surface area contributed by atoms with E-state index in [9.17, 15) is 8.78 Å². The summed E-state index contributed by atoms with van der Waals surface area (Å²) in [5, 5.41) is 11.2. The van der Waals surface area contributed by atoms with Crippen LogP contribution in [-0.2, 0) is 4.74 Å². The molecule has 0 fully saturated rings. The first-order chi connectivity index (χ1) is 8.08. The van der Waals surface area contributed by atoms with Crippen molar-refractivity contribution in [2.45, 2.75) is 6.92 Å². The standard InChI is InChI=1S/C12H14F2N2O/c1-8(7-17-2)6-16-12-10(13)3-9(5-15)4-11(12)14/h3-4,8,16H,6-7H2,1-2H3. The maximum absolute atomic E-state index is 13.4. The first kappa shape index (κ1) is 13.4. The molecule has 0 amide bonds. The number of ether oxygens (including phenoxy) is 1. The number of rotatable bonds is 5. The van der Waals surface area contributed by atoms with Crippen molar-refractivity contribution >= 4 is 5.69 Å². The molecule has 17 heavy (non-hydrogen) atoms. The van der Waals surface area contributed by atoms with E-state index in [0.29, 0.717) is 13.2 Å². The topological polar surface area (TPSA) is 45.0 Å². The van der Waals surface area contributed by atoms with Gasteiger partial charge in [-0.05, 0) is 18.1 Å². The van der Waals surface area contributed by atoms with Gasteiger partial charge in [0.25, 0.3) is 0 Å². The normalized spacial score (nSPS) is 11.9. The van der Waals surface area contributed by atoms with Crippen LogP contribution in [0.15, 0.2) is 12.1 Å². The molecule has 0 aliphatic rings. The smallest absolute Gasteiger partial charge is 0.150 e. The number of nitriles is 1. The fourth-order valence-electron chi connectivity index (χ4n) is 1.43. The lowest BCUT2D eigenvalue weighted by atomic mass is 10.1. The van der Waals surface area contributed by atoms with Crippen LogP contribution in [-0.4, -0.2) is 20.3 Å². The fourth-order valence-corrected chi connectivity index (χ4v) is 1.43. The lowest BCUT2D eigenvalue weighted by Gasteiger charge is -2.13. The van der Waals surface area contributed by atoms with Crippen LogP contribution in [0.5, 0.6) is 0 Å². The van der Waals surface area contributed by atoms with Crippen molar-refractivity contribution in [3.05, 3.63) is 29.3 Å². The molecule has 1 unspecified atom stereocenters. The predicted octanol–water partition coefficient (Wildman–Crippen LogP) is 2.53. The van der Waals surface area contributed by atoms with Crippen LogP contribution in [0.25, 0.3) is 0 Å². The number of hydrogen-bond acceptors (Lipinski definition) is 3. The molecular formula is C12H14F2N2O. The maximum atomic E-state index is 13.4. The summed E-state index contributed by atoms with van der Waals surface area (Å²) in [6.07, 6.45) is 0. The molecule has 0 saturated heterocycles. The molecule has 1 rings (SSSR count). The van der Waals surface area contributed by atoms with Crippen LogP contribution in [0.4, 0.5) is 14.5 Å². The number of nitrogens with one attached hydrogen (secondary N) is 1. The average molecular weight is 240 g/mol. The minimum Gasteiger partial charge on any atom is -0.384 e. The summed E-state index contributed by atoms with van der Waals surface area (Å²) in [6, 6.07) is 3.71. The number of methoxy groups -OCH3 is 1. The van der Waals surface area contributed by atoms with Crippen molar-refractivity contribution in [1.82, 2.24) is 0 Å². The molecule has 1 atom stereocenters. The van der Waals surface area contributed by atoms with Gasteiger partial charge in [-0.1, -0.05) is 6.92 Å². The Morgan fingerprint density at radius 1 is 1.41 bits per heavy atom. The molecule has 0 saturated carbocycles. The largest absolute Gasteiger partial charge is 0.384 e. The summed E-state index contributed by atoms with van der Waals surface area (Å²) in [7, 11) is 1.57. The van der Waals surface area contributed by atoms with E-state index in [1.807, 2.05) is 6.92 Å². The minimum atomic E-state index is -0.758. The highest BCUT2D eigenvalue weighted by Gasteiger charge is 2.12. The maximum Gasteiger partial charge on any atom is 0.150 e. The molecule has 92 valence electrons. The molecule has 3 nitrogen and oxygen atoms in total. The lowest BCUT2D eigenvalue weighted by molar-refractivity contribution is 0.164. The van der Waals surface area contributed by atoms with Crippen molar-refractivity contribution < 1.29 is 13.5 Å². The molecular weight excluding hydrogens is 226 g/mol. The van der Waals surface area contributed by atoms with E-state index < -0.39 is 11.6 Å². The van der Waals surface area contributed by atoms with Crippen molar-refractivity contribution in [3.8, 4) is 6.07 Å². The number of halogens is 2. The highest BCUT2D eigenvalue weighted by atomic mass is 19.1. The van der Waals surface area contributed by atoms with Crippen LogP contribution >= 0.6 is 0 Å². The van der Waals surface area contributed by atoms with Crippen molar-refractivity contribution in [3.63, 3.8) is 0 Å². The second kappa shape index (κ2) is 6.16. The zero-order chi connectivity index (χ0) is 12.8. The number of nitrogens with zero attached hydrogens (tertiary/aromatic N) is 1. The molecule has 0 bridgehead atoms. The van der Waals surface area contributed by atoms with Crippen molar-refractivity contribution in [2.24, 2.45) is 5.92 Å². The fraction of sp³-hybridized carbons (Fsp3) is 0.417. The van der Waals surface area contributed by atoms with Crippen LogP contribution in [0.3, 0.4) is 0 Å². The van der Waals surface area contributed by atoms with E-state index in [1.54, 1.807) is 13.2 Å². The summed E-state index contributed by atoms with van der Waals surface area (Å²) in [6.45, 7) is 2.80. The van der Waals surface area contributed by atoms with Gasteiger partial charge in [0.15, 0.2) is 11.6 Å². The summed E-state index contributed by atoms with van der Waals surface area (Å²) in [5.74, 6) is -1.38. The SMILES string of the molecule is COCC(C)CNc1c(F)cc(C#N)cc1F. The van der Waals surface area contributed by atoms with E-state index in [-0.39, 0.29) is 17.2 Å². The van der Waals surface area contributed by atoms with Gasteiger partial charge < -0.3 is 10.1 Å². The van der Waals surface area contributed by atoms with Crippen LogP contribution in [0.2, 0.25) is 0 Å². The van der Waals surface area contributed by atoms with Crippen LogP contribution < -0.4 is 5.32 Å². The second-order valence-corrected chi connectivity index (χ2v) is 3.87. The molecule has 0 radical (unpaired) electrons. The zero-order valence-corrected chi connectivity index (χ0v) is 9.76. The van der Waals surface area contributed by atoms with E-state index >= 15 is 0 Å². The third kappa shape index (κ3) is 3.68. The zero-order valence-electron chi connectivity index (χ0n) is 9.76. The Hall–Kier alpha value is -1.67. The number of hydrogen-bond donors (Lipinski definition) is 1. The molecule has 1 N–H and O–H groups in total. The quantitative estimate of drug-likeness (QED) is 0.860. The second-order valence-electron chi connectivity index (χ2n) is 3.87. The molecule has 0 aliphatic heterocycles. The Kier molecular flexibility index (Phi) is 4.85. The van der Waals surface area contributed by atoms with Crippen molar-refractivity contribution in [2.75, 3.05) is 25.6 Å². The average Bonchev–Trinajstić information content (AvgIpc) is 2.28. The minimum absolute atomic E-state index is 0.0320. The monoisotopic (exact) mass is 240 g/mol. The summed E-state index contributed by atoms with van der Waals surface area (Å²) in [4.78, 5) is 0. The van der Waals surface area contributed by atoms with Gasteiger partial charge in [-0.15, -0.1) is 0 Å². The highest BCUT2D eigenvalue weighted by molar-refractivity contribution is 5.50. The Balaban J connectivity index is 2.75. The third-order valence-electron chi connectivity index (χ3n) is 2.25. The molecule has 5 heteroatoms. The van der Waals surface area contributed by atoms with Crippen LogP contribution in [0.1, 0.15) is 12.5 Å². The third-order valence-corrected chi connectivity index (χ3v) is 2.25. The predicted molar refractivity (Wildman–Crippen MR) is 60.6 cm³/mol. The Labute approximate surface area is 99.0 Å². The molecule has 0 aliphatic carbocycles. The summed E-state index contributed by atoms with van der Waals surface area (Å²) < 4.78 is 31.8. The first-order valence-corrected chi connectivity index (χ1v) is 5.20. The molecule has 0 spiro atoms. The Morgan fingerprint density at radius 3 is 2.47 bits per heavy atom. The van der Waals surface area contributed by atoms with E-state index in [4.69, 9.17) is 10.00 Å². The molecule has 0 aromatic heterocycles. The molecule has 1 aromatic rings. The Bertz CT molecular complexity index is 406. The number of benzene rings is 1. The van der Waals surface area contributed by atoms with E-state index in [0.717, 1.165) is 12.1 Å². The first-order valence-electron chi connectivity index (χ1n) is 5.20. The molecule has 0 heterocycles. The van der Waals surface area contributed by atoms with E-state index in [2.05, 4.69) is 5.32 Å². The van der Waals surface area contributed by atoms with Gasteiger partial charge in [-0.3, -0.25) is 0 Å². The van der Waals surface area contributed by atoms with Gasteiger partial charge in [0.2, 0.25) is 0 Å². The van der Waals surface area contributed by atoms with Gasteiger partial charge in [-0.25, -0.2) is 8.78 Å². The van der Waals surface area contributed by atoms with Crippen LogP contribution in [0, 0.1) is 28.9 Å². The van der Waals surface area contributed by atoms with Gasteiger partial charge in [0.1, 0.15) is 5.69 Å². The number of anilines is 1.